The number of carboxylic acids is 1. The number of nitrogens with zero attached hydrogens (tertiary/aromatic N) is 1. The largest absolute Gasteiger partial charge is 0.481 e. The molecule has 0 fully saturated rings. The van der Waals surface area contributed by atoms with Crippen LogP contribution in [0.2, 0.25) is 0 Å². The summed E-state index contributed by atoms with van der Waals surface area (Å²) in [5, 5.41) is 22.4. The van der Waals surface area contributed by atoms with Crippen molar-refractivity contribution in [3.63, 3.8) is 0 Å². The minimum absolute atomic E-state index is 0.136. The van der Waals surface area contributed by atoms with E-state index in [1.54, 1.807) is 34.6 Å². The second kappa shape index (κ2) is 7.88. The second-order valence-electron chi connectivity index (χ2n) is 6.82. The van der Waals surface area contributed by atoms with Crippen LogP contribution in [0.1, 0.15) is 54.9 Å². The van der Waals surface area contributed by atoms with Crippen molar-refractivity contribution in [3.8, 4) is 0 Å². The van der Waals surface area contributed by atoms with Crippen LogP contribution >= 0.6 is 7.60 Å². The maximum Gasteiger partial charge on any atom is 0.350 e. The summed E-state index contributed by atoms with van der Waals surface area (Å²) in [6.45, 7) is 11.9. The van der Waals surface area contributed by atoms with Gasteiger partial charge in [-0.2, -0.15) is 0 Å². The van der Waals surface area contributed by atoms with Crippen LogP contribution in [0.3, 0.4) is 0 Å². The van der Waals surface area contributed by atoms with Crippen LogP contribution in [0.4, 0.5) is 0 Å². The molecule has 0 amide bonds. The van der Waals surface area contributed by atoms with Crippen molar-refractivity contribution < 1.29 is 28.7 Å². The predicted octanol–water partition coefficient (Wildman–Crippen LogP) is 3.53. The highest BCUT2D eigenvalue weighted by Gasteiger charge is 2.52. The number of hydrogen-bond donors (Lipinski definition) is 1. The highest BCUT2D eigenvalue weighted by atomic mass is 31.2. The zero-order valence-corrected chi connectivity index (χ0v) is 15.5. The summed E-state index contributed by atoms with van der Waals surface area (Å²) in [5.74, 6) is -2.20. The van der Waals surface area contributed by atoms with E-state index in [9.17, 15) is 14.6 Å². The van der Waals surface area contributed by atoms with Crippen LogP contribution in [0.5, 0.6) is 0 Å². The summed E-state index contributed by atoms with van der Waals surface area (Å²) < 4.78 is 23.7. The highest BCUT2D eigenvalue weighted by Crippen LogP contribution is 2.60. The molecule has 0 saturated carbocycles. The van der Waals surface area contributed by atoms with Gasteiger partial charge >= 0.3 is 13.6 Å². The third-order valence-electron chi connectivity index (χ3n) is 3.09. The van der Waals surface area contributed by atoms with E-state index in [4.69, 9.17) is 14.2 Å². The number of hydroxylamine groups is 2. The molecule has 1 unspecified atom stereocenters. The summed E-state index contributed by atoms with van der Waals surface area (Å²) in [6.07, 6.45) is -0.374. The highest BCUT2D eigenvalue weighted by molar-refractivity contribution is 7.54. The van der Waals surface area contributed by atoms with Gasteiger partial charge in [-0.05, 0) is 33.1 Å². The van der Waals surface area contributed by atoms with Crippen molar-refractivity contribution in [3.05, 3.63) is 0 Å². The summed E-state index contributed by atoms with van der Waals surface area (Å²) in [7, 11) is -3.73. The van der Waals surface area contributed by atoms with Crippen molar-refractivity contribution in [2.75, 3.05) is 13.2 Å². The van der Waals surface area contributed by atoms with Crippen molar-refractivity contribution in [1.29, 1.82) is 0 Å². The van der Waals surface area contributed by atoms with Crippen LogP contribution in [0, 0.1) is 5.41 Å². The molecule has 1 N–H and O–H groups in total. The van der Waals surface area contributed by atoms with Gasteiger partial charge in [0.1, 0.15) is 5.78 Å². The maximum absolute atomic E-state index is 13.1. The molecule has 22 heavy (non-hydrogen) atoms. The van der Waals surface area contributed by atoms with E-state index in [2.05, 4.69) is 0 Å². The minimum atomic E-state index is -3.73. The van der Waals surface area contributed by atoms with E-state index >= 15 is 0 Å². The van der Waals surface area contributed by atoms with Crippen LogP contribution in [0.15, 0.2) is 0 Å². The number of carbonyl (C=O) groups is 1. The summed E-state index contributed by atoms with van der Waals surface area (Å²) >= 11 is 0. The van der Waals surface area contributed by atoms with Crippen molar-refractivity contribution in [2.24, 2.45) is 5.41 Å². The van der Waals surface area contributed by atoms with E-state index in [1.165, 1.54) is 13.8 Å². The smallest absolute Gasteiger partial charge is 0.350 e. The number of carboxylic acid groups (broad SMARTS) is 1. The van der Waals surface area contributed by atoms with Gasteiger partial charge in [0.2, 0.25) is 0 Å². The molecule has 0 aromatic heterocycles. The van der Waals surface area contributed by atoms with Gasteiger partial charge < -0.3 is 14.2 Å². The summed E-state index contributed by atoms with van der Waals surface area (Å²) in [6, 6.07) is 0. The zero-order chi connectivity index (χ0) is 17.8. The van der Waals surface area contributed by atoms with E-state index in [0.29, 0.717) is 5.06 Å². The summed E-state index contributed by atoms with van der Waals surface area (Å²) in [4.78, 5) is 11.0. The molecule has 0 rings (SSSR count). The molecule has 7 nitrogen and oxygen atoms in total. The predicted molar refractivity (Wildman–Crippen MR) is 83.0 cm³/mol. The van der Waals surface area contributed by atoms with E-state index in [-0.39, 0.29) is 19.6 Å². The van der Waals surface area contributed by atoms with Crippen molar-refractivity contribution in [1.82, 2.24) is 5.06 Å². The average molecular weight is 338 g/mol. The Balaban J connectivity index is 5.82. The first-order chi connectivity index (χ1) is 9.81. The topological polar surface area (TPSA) is 96.0 Å². The number of aliphatic carboxylic acids is 1. The Bertz CT molecular complexity index is 408. The van der Waals surface area contributed by atoms with Crippen molar-refractivity contribution in [2.45, 2.75) is 66.2 Å². The fourth-order valence-corrected chi connectivity index (χ4v) is 4.87. The molecular weight excluding hydrogens is 309 g/mol. The maximum atomic E-state index is 13.1. The van der Waals surface area contributed by atoms with Gasteiger partial charge in [-0.1, -0.05) is 20.8 Å². The second-order valence-corrected chi connectivity index (χ2v) is 8.91. The molecule has 0 aliphatic rings. The molecule has 0 aliphatic carbocycles. The Morgan fingerprint density at radius 1 is 1.14 bits per heavy atom. The first-order valence-electron chi connectivity index (χ1n) is 7.39. The Labute approximate surface area is 133 Å². The van der Waals surface area contributed by atoms with Gasteiger partial charge in [-0.25, -0.2) is 0 Å². The molecule has 0 saturated heterocycles. The van der Waals surface area contributed by atoms with E-state index in [1.807, 2.05) is 0 Å². The minimum Gasteiger partial charge on any atom is -0.481 e. The number of rotatable bonds is 9. The quantitative estimate of drug-likeness (QED) is 0.510. The third-order valence-corrected chi connectivity index (χ3v) is 5.91. The molecule has 8 heteroatoms. The normalized spacial score (nSPS) is 15.1. The average Bonchev–Trinajstić information content (AvgIpc) is 2.25. The number of hydrogen-bond acceptors (Lipinski definition) is 5. The van der Waals surface area contributed by atoms with Crippen LogP contribution in [-0.4, -0.2) is 40.7 Å². The Morgan fingerprint density at radius 2 is 1.55 bits per heavy atom. The Kier molecular flexibility index (Phi) is 7.72. The standard InChI is InChI=1S/C14H29NO6P/c1-8-20-22(19,21-9-2)12(13(3,4)5)15(18)14(6,7)10-11(16)17/h12H,8-10H2,1-7H3,(H,16,17). The first kappa shape index (κ1) is 21.5. The molecule has 1 atom stereocenters. The van der Waals surface area contributed by atoms with Gasteiger partial charge in [0, 0.05) is 0 Å². The lowest BCUT2D eigenvalue weighted by Crippen LogP contribution is -2.53. The van der Waals surface area contributed by atoms with Gasteiger partial charge in [0.15, 0.2) is 0 Å². The lowest BCUT2D eigenvalue weighted by molar-refractivity contribution is -0.248. The lowest BCUT2D eigenvalue weighted by atomic mass is 9.92. The van der Waals surface area contributed by atoms with Gasteiger partial charge in [-0.15, -0.1) is 10.3 Å². The van der Waals surface area contributed by atoms with Crippen LogP contribution in [-0.2, 0) is 23.6 Å². The van der Waals surface area contributed by atoms with Crippen LogP contribution < -0.4 is 0 Å². The molecule has 0 aromatic rings. The fraction of sp³-hybridized carbons (Fsp3) is 0.929. The van der Waals surface area contributed by atoms with Crippen molar-refractivity contribution >= 4 is 13.6 Å². The molecule has 131 valence electrons. The van der Waals surface area contributed by atoms with Gasteiger partial charge in [0.05, 0.1) is 25.2 Å². The van der Waals surface area contributed by atoms with E-state index < -0.39 is 30.3 Å². The monoisotopic (exact) mass is 338 g/mol. The Hall–Kier alpha value is -0.460. The molecule has 0 heterocycles. The first-order valence-corrected chi connectivity index (χ1v) is 9.00. The zero-order valence-electron chi connectivity index (χ0n) is 14.6. The molecular formula is C14H29NO6P. The molecule has 0 aliphatic heterocycles. The van der Waals surface area contributed by atoms with E-state index in [0.717, 1.165) is 0 Å². The molecule has 1 radical (unpaired) electrons. The van der Waals surface area contributed by atoms with Gasteiger partial charge in [0.25, 0.3) is 0 Å². The third kappa shape index (κ3) is 5.63. The SMILES string of the molecule is CCOP(=O)(OCC)C(N([O])C(C)(C)CC(=O)O)C(C)(C)C. The molecule has 0 bridgehead atoms. The molecule has 0 spiro atoms. The Morgan fingerprint density at radius 3 is 1.82 bits per heavy atom. The summed E-state index contributed by atoms with van der Waals surface area (Å²) in [5.41, 5.74) is -1.97. The van der Waals surface area contributed by atoms with Gasteiger partial charge in [-0.3, -0.25) is 9.36 Å². The van der Waals surface area contributed by atoms with Crippen LogP contribution in [0.25, 0.3) is 0 Å². The molecule has 0 aromatic carbocycles. The lowest BCUT2D eigenvalue weighted by Gasteiger charge is -2.44. The fourth-order valence-electron chi connectivity index (χ4n) is 2.27.